The normalized spacial score (nSPS) is 11.0. The Morgan fingerprint density at radius 3 is 2.42 bits per heavy atom. The van der Waals surface area contributed by atoms with E-state index in [1.54, 1.807) is 18.3 Å². The third kappa shape index (κ3) is 6.58. The third-order valence-electron chi connectivity index (χ3n) is 3.73. The molecule has 0 aromatic carbocycles. The van der Waals surface area contributed by atoms with Gasteiger partial charge in [-0.15, -0.1) is 0 Å². The number of rotatable bonds is 10. The number of pyridine rings is 2. The standard InChI is InChI=1S/C18H22N4O4/c1-21(11-15-6-4-7-16(20-15)18(25)26)9-10-22(13-17(23)24)12-14-5-2-3-8-19-14/h2-8H,9-13H2,1H3,(H,23,24)(H,25,26). The second-order valence-corrected chi connectivity index (χ2v) is 5.98. The Balaban J connectivity index is 1.91. The molecule has 2 aromatic heterocycles. The summed E-state index contributed by atoms with van der Waals surface area (Å²) in [6, 6.07) is 10.4. The van der Waals surface area contributed by atoms with Gasteiger partial charge in [0, 0.05) is 32.4 Å². The molecule has 0 atom stereocenters. The third-order valence-corrected chi connectivity index (χ3v) is 3.73. The molecule has 138 valence electrons. The Bertz CT molecular complexity index is 739. The lowest BCUT2D eigenvalue weighted by Crippen LogP contribution is -2.36. The SMILES string of the molecule is CN(CCN(CC(=O)O)Cc1ccccn1)Cc1cccc(C(=O)O)n1. The van der Waals surface area contributed by atoms with E-state index in [0.29, 0.717) is 31.9 Å². The van der Waals surface area contributed by atoms with Crippen molar-refractivity contribution < 1.29 is 19.8 Å². The van der Waals surface area contributed by atoms with Crippen molar-refractivity contribution in [2.75, 3.05) is 26.7 Å². The molecule has 0 saturated carbocycles. The van der Waals surface area contributed by atoms with Crippen LogP contribution < -0.4 is 0 Å². The first kappa shape index (κ1) is 19.5. The van der Waals surface area contributed by atoms with Gasteiger partial charge in [0.2, 0.25) is 0 Å². The van der Waals surface area contributed by atoms with Gasteiger partial charge in [0.1, 0.15) is 5.69 Å². The summed E-state index contributed by atoms with van der Waals surface area (Å²) in [6.07, 6.45) is 1.68. The molecule has 8 nitrogen and oxygen atoms in total. The van der Waals surface area contributed by atoms with Crippen LogP contribution >= 0.6 is 0 Å². The van der Waals surface area contributed by atoms with Gasteiger partial charge in [-0.2, -0.15) is 0 Å². The molecule has 2 N–H and O–H groups in total. The van der Waals surface area contributed by atoms with Crippen LogP contribution in [0.1, 0.15) is 21.9 Å². The van der Waals surface area contributed by atoms with Crippen LogP contribution in [0.4, 0.5) is 0 Å². The van der Waals surface area contributed by atoms with Crippen molar-refractivity contribution in [2.24, 2.45) is 0 Å². The van der Waals surface area contributed by atoms with Gasteiger partial charge in [-0.25, -0.2) is 9.78 Å². The summed E-state index contributed by atoms with van der Waals surface area (Å²) in [4.78, 5) is 34.2. The lowest BCUT2D eigenvalue weighted by atomic mass is 10.3. The van der Waals surface area contributed by atoms with Crippen LogP contribution in [-0.4, -0.2) is 68.6 Å². The van der Waals surface area contributed by atoms with Crippen LogP contribution in [0.5, 0.6) is 0 Å². The van der Waals surface area contributed by atoms with Crippen LogP contribution in [0.3, 0.4) is 0 Å². The molecule has 0 aliphatic carbocycles. The van der Waals surface area contributed by atoms with E-state index in [-0.39, 0.29) is 12.2 Å². The van der Waals surface area contributed by atoms with Crippen LogP contribution in [0, 0.1) is 0 Å². The highest BCUT2D eigenvalue weighted by Gasteiger charge is 2.13. The van der Waals surface area contributed by atoms with Crippen LogP contribution in [-0.2, 0) is 17.9 Å². The number of carboxylic acid groups (broad SMARTS) is 2. The Labute approximate surface area is 151 Å². The van der Waals surface area contributed by atoms with Crippen molar-refractivity contribution in [2.45, 2.75) is 13.1 Å². The number of carbonyl (C=O) groups is 2. The summed E-state index contributed by atoms with van der Waals surface area (Å²) < 4.78 is 0. The topological polar surface area (TPSA) is 107 Å². The van der Waals surface area contributed by atoms with Crippen molar-refractivity contribution in [3.8, 4) is 0 Å². The maximum atomic E-state index is 11.1. The number of hydrogen-bond acceptors (Lipinski definition) is 6. The average Bonchev–Trinajstić information content (AvgIpc) is 2.60. The maximum Gasteiger partial charge on any atom is 0.354 e. The molecule has 2 rings (SSSR count). The van der Waals surface area contributed by atoms with Gasteiger partial charge in [-0.05, 0) is 31.3 Å². The summed E-state index contributed by atoms with van der Waals surface area (Å²) in [7, 11) is 1.88. The fourth-order valence-corrected chi connectivity index (χ4v) is 2.48. The van der Waals surface area contributed by atoms with Gasteiger partial charge < -0.3 is 10.2 Å². The highest BCUT2D eigenvalue weighted by Crippen LogP contribution is 2.05. The number of carboxylic acids is 2. The Hall–Kier alpha value is -2.84. The lowest BCUT2D eigenvalue weighted by Gasteiger charge is -2.23. The molecule has 0 unspecified atom stereocenters. The van der Waals surface area contributed by atoms with Crippen LogP contribution in [0.2, 0.25) is 0 Å². The second kappa shape index (κ2) is 9.59. The van der Waals surface area contributed by atoms with E-state index < -0.39 is 11.9 Å². The minimum Gasteiger partial charge on any atom is -0.480 e. The summed E-state index contributed by atoms with van der Waals surface area (Å²) in [5, 5.41) is 18.1. The first-order chi connectivity index (χ1) is 12.4. The molecular formula is C18H22N4O4. The number of hydrogen-bond donors (Lipinski definition) is 2. The van der Waals surface area contributed by atoms with Gasteiger partial charge in [-0.3, -0.25) is 19.6 Å². The van der Waals surface area contributed by atoms with Gasteiger partial charge in [0.15, 0.2) is 0 Å². The zero-order chi connectivity index (χ0) is 18.9. The molecule has 8 heteroatoms. The van der Waals surface area contributed by atoms with E-state index in [2.05, 4.69) is 9.97 Å². The molecule has 0 saturated heterocycles. The van der Waals surface area contributed by atoms with Crippen LogP contribution in [0.15, 0.2) is 42.6 Å². The monoisotopic (exact) mass is 358 g/mol. The first-order valence-electron chi connectivity index (χ1n) is 8.16. The minimum atomic E-state index is -1.06. The summed E-state index contributed by atoms with van der Waals surface area (Å²) >= 11 is 0. The molecule has 0 aliphatic heterocycles. The second-order valence-electron chi connectivity index (χ2n) is 5.98. The van der Waals surface area contributed by atoms with Crippen molar-refractivity contribution in [3.05, 3.63) is 59.7 Å². The Morgan fingerprint density at radius 1 is 1.00 bits per heavy atom. The Morgan fingerprint density at radius 2 is 1.77 bits per heavy atom. The van der Waals surface area contributed by atoms with E-state index in [9.17, 15) is 9.59 Å². The van der Waals surface area contributed by atoms with Crippen molar-refractivity contribution >= 4 is 11.9 Å². The molecule has 0 amide bonds. The molecule has 2 aromatic rings. The number of aliphatic carboxylic acids is 1. The Kier molecular flexibility index (Phi) is 7.19. The smallest absolute Gasteiger partial charge is 0.354 e. The number of likely N-dealkylation sites (N-methyl/N-ethyl adjacent to an activating group) is 1. The number of nitrogens with zero attached hydrogens (tertiary/aromatic N) is 4. The van der Waals surface area contributed by atoms with E-state index in [0.717, 1.165) is 5.69 Å². The predicted octanol–water partition coefficient (Wildman–Crippen LogP) is 1.19. The quantitative estimate of drug-likeness (QED) is 0.652. The zero-order valence-corrected chi connectivity index (χ0v) is 14.6. The fraction of sp³-hybridized carbons (Fsp3) is 0.333. The highest BCUT2D eigenvalue weighted by molar-refractivity contribution is 5.85. The first-order valence-corrected chi connectivity index (χ1v) is 8.16. The number of aromatic carboxylic acids is 1. The van der Waals surface area contributed by atoms with E-state index >= 15 is 0 Å². The number of aromatic nitrogens is 2. The molecule has 0 radical (unpaired) electrons. The van der Waals surface area contributed by atoms with E-state index in [4.69, 9.17) is 10.2 Å². The molecule has 0 spiro atoms. The average molecular weight is 358 g/mol. The molecule has 26 heavy (non-hydrogen) atoms. The van der Waals surface area contributed by atoms with Crippen molar-refractivity contribution in [1.29, 1.82) is 0 Å². The van der Waals surface area contributed by atoms with Gasteiger partial charge >= 0.3 is 11.9 Å². The van der Waals surface area contributed by atoms with Crippen molar-refractivity contribution in [3.63, 3.8) is 0 Å². The van der Waals surface area contributed by atoms with Crippen molar-refractivity contribution in [1.82, 2.24) is 19.8 Å². The summed E-state index contributed by atoms with van der Waals surface area (Å²) in [6.45, 7) is 2.01. The molecular weight excluding hydrogens is 336 g/mol. The minimum absolute atomic E-state index is 0.0126. The van der Waals surface area contributed by atoms with Gasteiger partial charge in [-0.1, -0.05) is 12.1 Å². The van der Waals surface area contributed by atoms with E-state index in [1.165, 1.54) is 6.07 Å². The largest absolute Gasteiger partial charge is 0.480 e. The molecule has 0 bridgehead atoms. The molecule has 0 fully saturated rings. The fourth-order valence-electron chi connectivity index (χ4n) is 2.48. The zero-order valence-electron chi connectivity index (χ0n) is 14.6. The summed E-state index contributed by atoms with van der Waals surface area (Å²) in [5.41, 5.74) is 1.48. The van der Waals surface area contributed by atoms with Gasteiger partial charge in [0.25, 0.3) is 0 Å². The highest BCUT2D eigenvalue weighted by atomic mass is 16.4. The molecule has 2 heterocycles. The lowest BCUT2D eigenvalue weighted by molar-refractivity contribution is -0.138. The summed E-state index contributed by atoms with van der Waals surface area (Å²) in [5.74, 6) is -1.95. The maximum absolute atomic E-state index is 11.1. The van der Waals surface area contributed by atoms with Crippen LogP contribution in [0.25, 0.3) is 0 Å². The molecule has 0 aliphatic rings. The van der Waals surface area contributed by atoms with Gasteiger partial charge in [0.05, 0.1) is 17.9 Å². The van der Waals surface area contributed by atoms with E-state index in [1.807, 2.05) is 35.0 Å². The predicted molar refractivity (Wildman–Crippen MR) is 94.7 cm³/mol.